The van der Waals surface area contributed by atoms with Gasteiger partial charge in [-0.3, -0.25) is 0 Å². The maximum atomic E-state index is 8.64. The fourth-order valence-electron chi connectivity index (χ4n) is 1.57. The number of rotatable bonds is 5. The molecular weight excluding hydrogens is 226 g/mol. The Labute approximate surface area is 109 Å². The van der Waals surface area contributed by atoms with Crippen LogP contribution in [0, 0.1) is 6.92 Å². The molecule has 4 heteroatoms. The number of nitrogens with two attached hydrogens (primary N) is 1. The van der Waals surface area contributed by atoms with Crippen molar-refractivity contribution in [3.05, 3.63) is 34.9 Å². The normalized spacial score (nSPS) is 12.8. The highest BCUT2D eigenvalue weighted by Gasteiger charge is 2.14. The molecule has 0 saturated heterocycles. The highest BCUT2D eigenvalue weighted by atomic mass is 16.4. The van der Waals surface area contributed by atoms with Crippen LogP contribution in [0.5, 0.6) is 0 Å². The van der Waals surface area contributed by atoms with E-state index in [4.69, 9.17) is 10.9 Å². The summed E-state index contributed by atoms with van der Waals surface area (Å²) in [6.45, 7) is 9.40. The zero-order valence-corrected chi connectivity index (χ0v) is 11.6. The minimum Gasteiger partial charge on any atom is -0.409 e. The standard InChI is InChI=1S/C14H23N3O/c1-5-14(3,4)16-9-12-7-6-11(8-10(12)2)13(15)17-18/h6-8,16,18H,5,9H2,1-4H3,(H2,15,17). The molecule has 4 nitrogen and oxygen atoms in total. The van der Waals surface area contributed by atoms with Crippen LogP contribution in [0.4, 0.5) is 0 Å². The van der Waals surface area contributed by atoms with E-state index < -0.39 is 0 Å². The lowest BCUT2D eigenvalue weighted by atomic mass is 10.00. The van der Waals surface area contributed by atoms with E-state index >= 15 is 0 Å². The molecule has 0 aromatic heterocycles. The molecule has 0 aliphatic heterocycles. The lowest BCUT2D eigenvalue weighted by Crippen LogP contribution is -2.38. The van der Waals surface area contributed by atoms with Crippen LogP contribution >= 0.6 is 0 Å². The maximum absolute atomic E-state index is 8.64. The molecule has 0 heterocycles. The summed E-state index contributed by atoms with van der Waals surface area (Å²) < 4.78 is 0. The predicted molar refractivity (Wildman–Crippen MR) is 74.9 cm³/mol. The Morgan fingerprint density at radius 1 is 1.44 bits per heavy atom. The third kappa shape index (κ3) is 3.74. The molecule has 0 fully saturated rings. The highest BCUT2D eigenvalue weighted by molar-refractivity contribution is 5.97. The molecule has 100 valence electrons. The third-order valence-corrected chi connectivity index (χ3v) is 3.39. The Kier molecular flexibility index (Phi) is 4.73. The van der Waals surface area contributed by atoms with Gasteiger partial charge in [-0.2, -0.15) is 0 Å². The Morgan fingerprint density at radius 3 is 2.61 bits per heavy atom. The number of benzene rings is 1. The summed E-state index contributed by atoms with van der Waals surface area (Å²) in [5.74, 6) is 0.145. The number of nitrogens with zero attached hydrogens (tertiary/aromatic N) is 1. The summed E-state index contributed by atoms with van der Waals surface area (Å²) in [4.78, 5) is 0. The van der Waals surface area contributed by atoms with E-state index in [0.29, 0.717) is 0 Å². The fourth-order valence-corrected chi connectivity index (χ4v) is 1.57. The molecule has 18 heavy (non-hydrogen) atoms. The van der Waals surface area contributed by atoms with Crippen molar-refractivity contribution in [1.29, 1.82) is 0 Å². The van der Waals surface area contributed by atoms with Crippen LogP contribution in [0.3, 0.4) is 0 Å². The largest absolute Gasteiger partial charge is 0.409 e. The van der Waals surface area contributed by atoms with Crippen LogP contribution in [0.15, 0.2) is 23.4 Å². The average Bonchev–Trinajstić information content (AvgIpc) is 2.36. The summed E-state index contributed by atoms with van der Waals surface area (Å²) in [5.41, 5.74) is 8.81. The number of nitrogens with one attached hydrogen (secondary N) is 1. The first-order chi connectivity index (χ1) is 8.39. The molecule has 0 aliphatic rings. The molecule has 1 aromatic rings. The second-order valence-electron chi connectivity index (χ2n) is 5.22. The second kappa shape index (κ2) is 5.87. The number of hydrogen-bond donors (Lipinski definition) is 3. The second-order valence-corrected chi connectivity index (χ2v) is 5.22. The van der Waals surface area contributed by atoms with E-state index in [1.807, 2.05) is 25.1 Å². The SMILES string of the molecule is CCC(C)(C)NCc1ccc(/C(N)=N/O)cc1C. The van der Waals surface area contributed by atoms with Crippen molar-refractivity contribution in [2.24, 2.45) is 10.9 Å². The minimum atomic E-state index is 0.136. The van der Waals surface area contributed by atoms with Crippen LogP contribution in [-0.4, -0.2) is 16.6 Å². The Bertz CT molecular complexity index is 439. The van der Waals surface area contributed by atoms with Crippen molar-refractivity contribution < 1.29 is 5.21 Å². The molecule has 0 bridgehead atoms. The van der Waals surface area contributed by atoms with Crippen LogP contribution < -0.4 is 11.1 Å². The van der Waals surface area contributed by atoms with Gasteiger partial charge in [-0.05, 0) is 44.4 Å². The first-order valence-electron chi connectivity index (χ1n) is 6.22. The molecule has 0 radical (unpaired) electrons. The summed E-state index contributed by atoms with van der Waals surface area (Å²) in [6.07, 6.45) is 1.08. The number of oxime groups is 1. The third-order valence-electron chi connectivity index (χ3n) is 3.39. The molecule has 0 atom stereocenters. The molecule has 4 N–H and O–H groups in total. The molecule has 0 amide bonds. The number of hydrogen-bond acceptors (Lipinski definition) is 3. The van der Waals surface area contributed by atoms with Crippen molar-refractivity contribution in [2.75, 3.05) is 0 Å². The van der Waals surface area contributed by atoms with Crippen LogP contribution in [0.25, 0.3) is 0 Å². The van der Waals surface area contributed by atoms with E-state index in [-0.39, 0.29) is 11.4 Å². The number of aryl methyl sites for hydroxylation is 1. The van der Waals surface area contributed by atoms with E-state index in [9.17, 15) is 0 Å². The van der Waals surface area contributed by atoms with Gasteiger partial charge in [0, 0.05) is 17.6 Å². The topological polar surface area (TPSA) is 70.6 Å². The van der Waals surface area contributed by atoms with Gasteiger partial charge in [0.25, 0.3) is 0 Å². The Morgan fingerprint density at radius 2 is 2.11 bits per heavy atom. The van der Waals surface area contributed by atoms with Gasteiger partial charge in [0.1, 0.15) is 0 Å². The summed E-state index contributed by atoms with van der Waals surface area (Å²) in [7, 11) is 0. The first-order valence-corrected chi connectivity index (χ1v) is 6.22. The monoisotopic (exact) mass is 249 g/mol. The number of amidine groups is 1. The predicted octanol–water partition coefficient (Wildman–Crippen LogP) is 2.37. The smallest absolute Gasteiger partial charge is 0.170 e. The van der Waals surface area contributed by atoms with E-state index in [2.05, 4.69) is 31.2 Å². The first kappa shape index (κ1) is 14.5. The molecule has 0 unspecified atom stereocenters. The summed E-state index contributed by atoms with van der Waals surface area (Å²) >= 11 is 0. The van der Waals surface area contributed by atoms with Crippen molar-refractivity contribution in [1.82, 2.24) is 5.32 Å². The average molecular weight is 249 g/mol. The van der Waals surface area contributed by atoms with Crippen molar-refractivity contribution in [3.63, 3.8) is 0 Å². The maximum Gasteiger partial charge on any atom is 0.170 e. The zero-order valence-electron chi connectivity index (χ0n) is 11.6. The van der Waals surface area contributed by atoms with Crippen LogP contribution in [0.2, 0.25) is 0 Å². The van der Waals surface area contributed by atoms with Crippen molar-refractivity contribution in [2.45, 2.75) is 46.2 Å². The fraction of sp³-hybridized carbons (Fsp3) is 0.500. The zero-order chi connectivity index (χ0) is 13.8. The Hall–Kier alpha value is -1.55. The van der Waals surface area contributed by atoms with Gasteiger partial charge >= 0.3 is 0 Å². The van der Waals surface area contributed by atoms with E-state index in [1.165, 1.54) is 5.56 Å². The van der Waals surface area contributed by atoms with Crippen molar-refractivity contribution in [3.8, 4) is 0 Å². The van der Waals surface area contributed by atoms with Gasteiger partial charge in [0.15, 0.2) is 5.84 Å². The van der Waals surface area contributed by atoms with Gasteiger partial charge in [-0.1, -0.05) is 24.2 Å². The molecule has 0 saturated carbocycles. The molecular formula is C14H23N3O. The quantitative estimate of drug-likeness (QED) is 0.325. The highest BCUT2D eigenvalue weighted by Crippen LogP contribution is 2.14. The minimum absolute atomic E-state index is 0.136. The molecule has 1 rings (SSSR count). The summed E-state index contributed by atoms with van der Waals surface area (Å²) in [6, 6.07) is 5.82. The van der Waals surface area contributed by atoms with Crippen LogP contribution in [0.1, 0.15) is 43.9 Å². The van der Waals surface area contributed by atoms with Gasteiger partial charge in [-0.15, -0.1) is 0 Å². The van der Waals surface area contributed by atoms with Gasteiger partial charge in [-0.25, -0.2) is 0 Å². The van der Waals surface area contributed by atoms with Gasteiger partial charge < -0.3 is 16.3 Å². The van der Waals surface area contributed by atoms with Gasteiger partial charge in [0.05, 0.1) is 0 Å². The van der Waals surface area contributed by atoms with Crippen LogP contribution in [-0.2, 0) is 6.54 Å². The van der Waals surface area contributed by atoms with Crippen molar-refractivity contribution >= 4 is 5.84 Å². The molecule has 1 aromatic carbocycles. The lowest BCUT2D eigenvalue weighted by molar-refractivity contribution is 0.318. The lowest BCUT2D eigenvalue weighted by Gasteiger charge is -2.25. The van der Waals surface area contributed by atoms with E-state index in [0.717, 1.165) is 24.1 Å². The Balaban J connectivity index is 2.81. The molecule has 0 spiro atoms. The molecule has 0 aliphatic carbocycles. The van der Waals surface area contributed by atoms with E-state index in [1.54, 1.807) is 0 Å². The summed E-state index contributed by atoms with van der Waals surface area (Å²) in [5, 5.41) is 15.2. The van der Waals surface area contributed by atoms with Gasteiger partial charge in [0.2, 0.25) is 0 Å².